The van der Waals surface area contributed by atoms with Crippen molar-refractivity contribution in [3.05, 3.63) is 74.9 Å². The highest BCUT2D eigenvalue weighted by atomic mass is 79.9. The number of nitrogens with one attached hydrogen (secondary N) is 1. The normalized spacial score (nSPS) is 16.3. The molecule has 0 radical (unpaired) electrons. The van der Waals surface area contributed by atoms with E-state index < -0.39 is 11.9 Å². The summed E-state index contributed by atoms with van der Waals surface area (Å²) in [7, 11) is 1.23. The van der Waals surface area contributed by atoms with E-state index in [0.29, 0.717) is 11.3 Å². The monoisotopic (exact) mass is 491 g/mol. The highest BCUT2D eigenvalue weighted by Gasteiger charge is 2.25. The predicted octanol–water partition coefficient (Wildman–Crippen LogP) is 3.78. The van der Waals surface area contributed by atoms with Gasteiger partial charge < -0.3 is 9.47 Å². The molecule has 1 heterocycles. The second-order valence-electron chi connectivity index (χ2n) is 5.83. The molecular weight excluding hydrogens is 477 g/mol. The number of amidine groups is 1. The van der Waals surface area contributed by atoms with E-state index in [0.717, 1.165) is 27.9 Å². The zero-order valence-corrected chi connectivity index (χ0v) is 18.0. The minimum Gasteiger partial charge on any atom is -0.488 e. The summed E-state index contributed by atoms with van der Waals surface area (Å²) in [5, 5.41) is 10.7. The van der Waals surface area contributed by atoms with Crippen LogP contribution in [0, 0.1) is 5.82 Å². The summed E-state index contributed by atoms with van der Waals surface area (Å²) in [6, 6.07) is 11.4. The summed E-state index contributed by atoms with van der Waals surface area (Å²) in [5.74, 6) is -0.837. The number of rotatable bonds is 6. The number of ether oxygens (including phenoxy) is 2. The van der Waals surface area contributed by atoms with Crippen LogP contribution < -0.4 is 10.1 Å². The van der Waals surface area contributed by atoms with Gasteiger partial charge in [-0.3, -0.25) is 10.1 Å². The van der Waals surface area contributed by atoms with Crippen molar-refractivity contribution >= 4 is 51.0 Å². The van der Waals surface area contributed by atoms with Gasteiger partial charge in [0.1, 0.15) is 18.2 Å². The number of methoxy groups -OCH3 is 1. The summed E-state index contributed by atoms with van der Waals surface area (Å²) >= 11 is 4.38. The van der Waals surface area contributed by atoms with Gasteiger partial charge in [-0.15, -0.1) is 5.10 Å². The molecule has 0 spiro atoms. The van der Waals surface area contributed by atoms with E-state index in [1.807, 2.05) is 6.07 Å². The average molecular weight is 492 g/mol. The highest BCUT2D eigenvalue weighted by Crippen LogP contribution is 2.25. The Labute approximate surface area is 184 Å². The lowest BCUT2D eigenvalue weighted by molar-refractivity contribution is -0.135. The minimum absolute atomic E-state index is 0.168. The minimum atomic E-state index is -0.630. The maximum atomic E-state index is 13.0. The Morgan fingerprint density at radius 1 is 1.27 bits per heavy atom. The van der Waals surface area contributed by atoms with E-state index in [1.54, 1.807) is 24.3 Å². The Hall–Kier alpha value is -2.98. The predicted molar refractivity (Wildman–Crippen MR) is 116 cm³/mol. The van der Waals surface area contributed by atoms with Gasteiger partial charge in [-0.25, -0.2) is 9.18 Å². The molecule has 2 aromatic rings. The second-order valence-corrected chi connectivity index (χ2v) is 7.78. The van der Waals surface area contributed by atoms with Crippen LogP contribution in [0.25, 0.3) is 0 Å². The lowest BCUT2D eigenvalue weighted by Crippen LogP contribution is -2.19. The summed E-state index contributed by atoms with van der Waals surface area (Å²) in [5.41, 5.74) is 1.47. The first-order chi connectivity index (χ1) is 14.4. The standard InChI is InChI=1S/C20H15BrFN3O4S/c1-28-18(26)9-17-19(27)24-20(30-17)25-23-10-13-8-14(21)4-7-16(13)29-11-12-2-5-15(22)6-3-12/h2-10H,11H2,1H3,(H,24,25,27)/b17-9+,23-10?. The van der Waals surface area contributed by atoms with Crippen molar-refractivity contribution < 1.29 is 23.5 Å². The van der Waals surface area contributed by atoms with Gasteiger partial charge in [0.2, 0.25) is 0 Å². The quantitative estimate of drug-likeness (QED) is 0.287. The molecule has 1 amide bonds. The van der Waals surface area contributed by atoms with Gasteiger partial charge in [0, 0.05) is 16.1 Å². The van der Waals surface area contributed by atoms with E-state index in [9.17, 15) is 14.0 Å². The number of benzene rings is 2. The molecule has 10 heteroatoms. The maximum Gasteiger partial charge on any atom is 0.331 e. The van der Waals surface area contributed by atoms with Crippen molar-refractivity contribution in [3.63, 3.8) is 0 Å². The molecular formula is C20H15BrFN3O4S. The fraction of sp³-hybridized carbons (Fsp3) is 0.100. The van der Waals surface area contributed by atoms with E-state index >= 15 is 0 Å². The lowest BCUT2D eigenvalue weighted by Gasteiger charge is -2.09. The number of amides is 1. The number of halogens is 2. The molecule has 154 valence electrons. The number of carbonyl (C=O) groups is 2. The van der Waals surface area contributed by atoms with Crippen molar-refractivity contribution in [2.24, 2.45) is 10.2 Å². The van der Waals surface area contributed by atoms with Crippen LogP contribution >= 0.6 is 27.7 Å². The van der Waals surface area contributed by atoms with Gasteiger partial charge in [-0.2, -0.15) is 5.10 Å². The van der Waals surface area contributed by atoms with Gasteiger partial charge in [0.15, 0.2) is 5.17 Å². The lowest BCUT2D eigenvalue weighted by atomic mass is 10.2. The first-order valence-corrected chi connectivity index (χ1v) is 10.1. The largest absolute Gasteiger partial charge is 0.488 e. The van der Waals surface area contributed by atoms with Crippen molar-refractivity contribution in [2.75, 3.05) is 7.11 Å². The van der Waals surface area contributed by atoms with Gasteiger partial charge in [-0.1, -0.05) is 28.1 Å². The summed E-state index contributed by atoms with van der Waals surface area (Å²) in [4.78, 5) is 23.3. The molecule has 0 saturated carbocycles. The third-order valence-corrected chi connectivity index (χ3v) is 5.12. The third-order valence-electron chi connectivity index (χ3n) is 3.73. The van der Waals surface area contributed by atoms with Crippen LogP contribution in [0.2, 0.25) is 0 Å². The van der Waals surface area contributed by atoms with Crippen LogP contribution in [0.3, 0.4) is 0 Å². The van der Waals surface area contributed by atoms with Crippen molar-refractivity contribution in [3.8, 4) is 5.75 Å². The Kier molecular flexibility index (Phi) is 7.36. The van der Waals surface area contributed by atoms with Gasteiger partial charge in [0.25, 0.3) is 5.91 Å². The second kappa shape index (κ2) is 10.2. The number of carbonyl (C=O) groups excluding carboxylic acids is 2. The van der Waals surface area contributed by atoms with Gasteiger partial charge in [0.05, 0.1) is 18.2 Å². The Bertz CT molecular complexity index is 1050. The number of hydrogen-bond acceptors (Lipinski definition) is 7. The molecule has 1 fully saturated rings. The molecule has 0 bridgehead atoms. The zero-order valence-electron chi connectivity index (χ0n) is 15.6. The number of thioether (sulfide) groups is 1. The molecule has 1 N–H and O–H groups in total. The summed E-state index contributed by atoms with van der Waals surface area (Å²) < 4.78 is 24.2. The highest BCUT2D eigenvalue weighted by molar-refractivity contribution is 9.10. The first kappa shape index (κ1) is 21.7. The molecule has 3 rings (SSSR count). The smallest absolute Gasteiger partial charge is 0.331 e. The maximum absolute atomic E-state index is 13.0. The van der Waals surface area contributed by atoms with E-state index in [-0.39, 0.29) is 22.5 Å². The molecule has 2 aromatic carbocycles. The summed E-state index contributed by atoms with van der Waals surface area (Å²) in [6.45, 7) is 0.255. The first-order valence-electron chi connectivity index (χ1n) is 8.51. The molecule has 1 saturated heterocycles. The molecule has 0 atom stereocenters. The van der Waals surface area contributed by atoms with Gasteiger partial charge >= 0.3 is 5.97 Å². The van der Waals surface area contributed by atoms with Crippen LogP contribution in [0.15, 0.2) is 68.1 Å². The summed E-state index contributed by atoms with van der Waals surface area (Å²) in [6.07, 6.45) is 2.56. The average Bonchev–Trinajstić information content (AvgIpc) is 3.07. The fourth-order valence-electron chi connectivity index (χ4n) is 2.28. The van der Waals surface area contributed by atoms with Gasteiger partial charge in [-0.05, 0) is 47.7 Å². The number of nitrogens with zero attached hydrogens (tertiary/aromatic N) is 2. The Morgan fingerprint density at radius 2 is 2.03 bits per heavy atom. The van der Waals surface area contributed by atoms with E-state index in [2.05, 4.69) is 36.2 Å². The van der Waals surface area contributed by atoms with Crippen LogP contribution in [-0.2, 0) is 20.9 Å². The number of hydrogen-bond donors (Lipinski definition) is 1. The van der Waals surface area contributed by atoms with Crippen LogP contribution in [0.1, 0.15) is 11.1 Å². The third kappa shape index (κ3) is 6.01. The van der Waals surface area contributed by atoms with Crippen molar-refractivity contribution in [1.82, 2.24) is 5.32 Å². The molecule has 1 aliphatic heterocycles. The Morgan fingerprint density at radius 3 is 2.77 bits per heavy atom. The van der Waals surface area contributed by atoms with Crippen LogP contribution in [-0.4, -0.2) is 30.4 Å². The Balaban J connectivity index is 1.70. The fourth-order valence-corrected chi connectivity index (χ4v) is 3.40. The van der Waals surface area contributed by atoms with Crippen molar-refractivity contribution in [1.29, 1.82) is 0 Å². The van der Waals surface area contributed by atoms with Crippen LogP contribution in [0.4, 0.5) is 4.39 Å². The molecule has 7 nitrogen and oxygen atoms in total. The van der Waals surface area contributed by atoms with E-state index in [1.165, 1.54) is 25.5 Å². The molecule has 0 aromatic heterocycles. The van der Waals surface area contributed by atoms with Crippen LogP contribution in [0.5, 0.6) is 5.75 Å². The molecule has 0 unspecified atom stereocenters. The zero-order chi connectivity index (χ0) is 21.5. The van der Waals surface area contributed by atoms with E-state index in [4.69, 9.17) is 4.74 Å². The molecule has 0 aliphatic carbocycles. The topological polar surface area (TPSA) is 89.3 Å². The van der Waals surface area contributed by atoms with Crippen molar-refractivity contribution in [2.45, 2.75) is 6.61 Å². The SMILES string of the molecule is COC(=O)/C=C1/S/C(=N\N=Cc2cc(Br)ccc2OCc2ccc(F)cc2)NC1=O. The number of esters is 1. The molecule has 30 heavy (non-hydrogen) atoms. The molecule has 1 aliphatic rings.